The molecule has 0 saturated carbocycles. The zero-order chi connectivity index (χ0) is 38.1. The Labute approximate surface area is 308 Å². The van der Waals surface area contributed by atoms with E-state index in [1.54, 1.807) is 91.0 Å². The lowest BCUT2D eigenvalue weighted by Crippen LogP contribution is -2.12. The van der Waals surface area contributed by atoms with Crippen LogP contribution < -0.4 is 15.2 Å². The highest BCUT2D eigenvalue weighted by molar-refractivity contribution is 7.93. The first-order valence-corrected chi connectivity index (χ1v) is 18.7. The maximum absolute atomic E-state index is 12.4. The maximum atomic E-state index is 12.4. The van der Waals surface area contributed by atoms with Gasteiger partial charge in [-0.2, -0.15) is 0 Å². The molecule has 53 heavy (non-hydrogen) atoms. The third-order valence-electron chi connectivity index (χ3n) is 6.85. The van der Waals surface area contributed by atoms with Gasteiger partial charge in [-0.15, -0.1) is 0 Å². The van der Waals surface area contributed by atoms with Crippen LogP contribution in [-0.4, -0.2) is 33.7 Å². The van der Waals surface area contributed by atoms with Crippen molar-refractivity contribution < 1.29 is 31.5 Å². The topological polar surface area (TPSA) is 173 Å². The van der Waals surface area contributed by atoms with E-state index < -0.39 is 26.0 Å². The number of sulfonamides is 2. The van der Waals surface area contributed by atoms with E-state index in [2.05, 4.69) is 33.1 Å². The quantitative estimate of drug-likeness (QED) is 0.0737. The summed E-state index contributed by atoms with van der Waals surface area (Å²) in [6.45, 7) is 0. The van der Waals surface area contributed by atoms with Crippen molar-refractivity contribution in [2.75, 3.05) is 15.2 Å². The van der Waals surface area contributed by atoms with Crippen LogP contribution in [0.25, 0.3) is 0 Å². The molecule has 0 aliphatic rings. The normalized spacial score (nSPS) is 10.9. The number of carboxylic acids is 1. The Morgan fingerprint density at radius 2 is 1.06 bits per heavy atom. The largest absolute Gasteiger partial charge is 0.478 e. The summed E-state index contributed by atoms with van der Waals surface area (Å²) in [4.78, 5) is 22.7. The minimum Gasteiger partial charge on any atom is -0.478 e. The fourth-order valence-corrected chi connectivity index (χ4v) is 6.53. The van der Waals surface area contributed by atoms with Gasteiger partial charge in [-0.05, 0) is 90.5 Å². The average Bonchev–Trinajstić information content (AvgIpc) is 3.14. The molecule has 5 rings (SSSR count). The molecule has 5 aromatic carbocycles. The summed E-state index contributed by atoms with van der Waals surface area (Å²) in [5.41, 5.74) is 9.17. The molecule has 0 atom stereocenters. The van der Waals surface area contributed by atoms with Crippen LogP contribution in [0.4, 0.5) is 17.1 Å². The second-order valence-electron chi connectivity index (χ2n) is 10.9. The molecule has 0 heterocycles. The smallest absolute Gasteiger partial charge is 0.328 e. The number of nitrogens with one attached hydrogen (secondary N) is 2. The van der Waals surface area contributed by atoms with Crippen molar-refractivity contribution in [2.24, 2.45) is 0 Å². The standard InChI is InChI=1S/C24H20N2O3S.C17H13NO4S/c25-24-16-7-5-11-20(24)18-22(27)13-6-4-9-19-10-8-12-21(17-19)26-30(28,29)23-14-2-1-3-15-23;19-17(20)12-5-4-7-14-8-6-9-15(13-14)18-23(21,22)16-10-2-1-3-11-16/h1-3,5-8,10-17,26H,18,25H2;1-3,5-6,8-13,18H,(H,19,20)/b13-6+;12-5+. The highest BCUT2D eigenvalue weighted by atomic mass is 32.2. The van der Waals surface area contributed by atoms with Crippen LogP contribution in [0.3, 0.4) is 0 Å². The average molecular weight is 744 g/mol. The molecule has 266 valence electrons. The molecular weight excluding hydrogens is 711 g/mol. The molecule has 5 aromatic rings. The molecule has 0 unspecified atom stereocenters. The van der Waals surface area contributed by atoms with Crippen LogP contribution in [0.2, 0.25) is 0 Å². The Bertz CT molecular complexity index is 2480. The lowest BCUT2D eigenvalue weighted by molar-refractivity contribution is -0.131. The van der Waals surface area contributed by atoms with Crippen molar-refractivity contribution in [3.63, 3.8) is 0 Å². The van der Waals surface area contributed by atoms with Crippen LogP contribution in [0, 0.1) is 23.7 Å². The van der Waals surface area contributed by atoms with Gasteiger partial charge in [0.25, 0.3) is 20.0 Å². The van der Waals surface area contributed by atoms with E-state index >= 15 is 0 Å². The number of aliphatic carboxylic acids is 1. The summed E-state index contributed by atoms with van der Waals surface area (Å²) < 4.78 is 54.3. The van der Waals surface area contributed by atoms with Gasteiger partial charge in [0.15, 0.2) is 5.78 Å². The van der Waals surface area contributed by atoms with Gasteiger partial charge in [-0.3, -0.25) is 14.2 Å². The number of carboxylic acid groups (broad SMARTS) is 1. The first kappa shape index (κ1) is 38.9. The van der Waals surface area contributed by atoms with E-state index in [1.807, 2.05) is 18.2 Å². The first-order chi connectivity index (χ1) is 25.4. The molecule has 0 fully saturated rings. The molecule has 0 radical (unpaired) electrons. The van der Waals surface area contributed by atoms with E-state index in [-0.39, 0.29) is 22.0 Å². The summed E-state index contributed by atoms with van der Waals surface area (Å²) in [6.07, 6.45) is 5.23. The molecule has 0 aromatic heterocycles. The predicted molar refractivity (Wildman–Crippen MR) is 207 cm³/mol. The van der Waals surface area contributed by atoms with Gasteiger partial charge in [0, 0.05) is 29.3 Å². The van der Waals surface area contributed by atoms with Crippen LogP contribution in [0.15, 0.2) is 168 Å². The number of nitrogens with two attached hydrogens (primary N) is 1. The number of hydrogen-bond donors (Lipinski definition) is 4. The maximum Gasteiger partial charge on any atom is 0.328 e. The second kappa shape index (κ2) is 18.9. The lowest BCUT2D eigenvalue weighted by atomic mass is 10.1. The molecule has 0 spiro atoms. The highest BCUT2D eigenvalue weighted by Gasteiger charge is 2.14. The van der Waals surface area contributed by atoms with Gasteiger partial charge in [-0.1, -0.05) is 90.4 Å². The molecule has 0 bridgehead atoms. The first-order valence-electron chi connectivity index (χ1n) is 15.7. The number of para-hydroxylation sites is 1. The number of benzene rings is 5. The Kier molecular flexibility index (Phi) is 13.9. The Morgan fingerprint density at radius 3 is 1.53 bits per heavy atom. The van der Waals surface area contributed by atoms with Gasteiger partial charge >= 0.3 is 5.97 Å². The van der Waals surface area contributed by atoms with Crippen molar-refractivity contribution in [3.8, 4) is 23.7 Å². The predicted octanol–water partition coefficient (Wildman–Crippen LogP) is 6.27. The van der Waals surface area contributed by atoms with Crippen LogP contribution in [0.5, 0.6) is 0 Å². The van der Waals surface area contributed by atoms with E-state index in [1.165, 1.54) is 42.5 Å². The van der Waals surface area contributed by atoms with Crippen molar-refractivity contribution in [1.29, 1.82) is 0 Å². The Hall–Kier alpha value is -6.86. The summed E-state index contributed by atoms with van der Waals surface area (Å²) in [7, 11) is -7.32. The fraction of sp³-hybridized carbons (Fsp3) is 0.0244. The number of rotatable bonds is 10. The number of carbonyl (C=O) groups excluding carboxylic acids is 1. The number of carbonyl (C=O) groups is 2. The second-order valence-corrected chi connectivity index (χ2v) is 14.2. The van der Waals surface area contributed by atoms with Gasteiger partial charge < -0.3 is 10.8 Å². The van der Waals surface area contributed by atoms with Crippen molar-refractivity contribution in [2.45, 2.75) is 16.2 Å². The minimum absolute atomic E-state index is 0.105. The van der Waals surface area contributed by atoms with E-state index in [4.69, 9.17) is 10.8 Å². The molecule has 10 nitrogen and oxygen atoms in total. The number of ketones is 1. The monoisotopic (exact) mass is 743 g/mol. The molecule has 0 aliphatic carbocycles. The van der Waals surface area contributed by atoms with E-state index in [0.717, 1.165) is 11.6 Å². The molecule has 12 heteroatoms. The van der Waals surface area contributed by atoms with E-state index in [9.17, 15) is 26.4 Å². The number of hydrogen-bond acceptors (Lipinski definition) is 7. The van der Waals surface area contributed by atoms with Crippen molar-refractivity contribution >= 4 is 48.9 Å². The molecule has 0 aliphatic heterocycles. The third kappa shape index (κ3) is 13.1. The SMILES string of the molecule is Nc1ccccc1CC(=O)/C=C/C#Cc1cccc(NS(=O)(=O)c2ccccc2)c1.O=C(O)/C=C/C#Cc1cccc(NS(=O)(=O)c2ccccc2)c1. The highest BCUT2D eigenvalue weighted by Crippen LogP contribution is 2.18. The fourth-order valence-electron chi connectivity index (χ4n) is 4.39. The summed E-state index contributed by atoms with van der Waals surface area (Å²) in [5, 5.41) is 8.46. The Balaban J connectivity index is 0.000000245. The Morgan fingerprint density at radius 1 is 0.604 bits per heavy atom. The van der Waals surface area contributed by atoms with Crippen molar-refractivity contribution in [1.82, 2.24) is 0 Å². The third-order valence-corrected chi connectivity index (χ3v) is 9.65. The molecule has 0 saturated heterocycles. The zero-order valence-corrected chi connectivity index (χ0v) is 29.6. The zero-order valence-electron chi connectivity index (χ0n) is 28.0. The minimum atomic E-state index is -3.67. The number of anilines is 3. The van der Waals surface area contributed by atoms with Crippen LogP contribution >= 0.6 is 0 Å². The van der Waals surface area contributed by atoms with Crippen LogP contribution in [0.1, 0.15) is 16.7 Å². The van der Waals surface area contributed by atoms with Gasteiger partial charge in [0.1, 0.15) is 0 Å². The van der Waals surface area contributed by atoms with Gasteiger partial charge in [0.2, 0.25) is 0 Å². The summed E-state index contributed by atoms with van der Waals surface area (Å²) >= 11 is 0. The summed E-state index contributed by atoms with van der Waals surface area (Å²) in [5.74, 6) is 9.80. The van der Waals surface area contributed by atoms with Gasteiger partial charge in [0.05, 0.1) is 21.2 Å². The van der Waals surface area contributed by atoms with Crippen LogP contribution in [-0.2, 0) is 36.1 Å². The van der Waals surface area contributed by atoms with E-state index in [0.29, 0.717) is 28.2 Å². The lowest BCUT2D eigenvalue weighted by Gasteiger charge is -2.08. The van der Waals surface area contributed by atoms with Gasteiger partial charge in [-0.25, -0.2) is 21.6 Å². The van der Waals surface area contributed by atoms with Crippen molar-refractivity contribution in [3.05, 3.63) is 174 Å². The molecule has 0 amide bonds. The number of allylic oxidation sites excluding steroid dienone is 3. The molecule has 5 N–H and O–H groups in total. The molecular formula is C41H33N3O7S2. The summed E-state index contributed by atoms with van der Waals surface area (Å²) in [6, 6.07) is 36.7. The number of nitrogen functional groups attached to an aromatic ring is 1.